The van der Waals surface area contributed by atoms with Gasteiger partial charge in [0.1, 0.15) is 22.3 Å². The second-order valence-electron chi connectivity index (χ2n) is 4.41. The van der Waals surface area contributed by atoms with Gasteiger partial charge in [0.25, 0.3) is 10.0 Å². The predicted molar refractivity (Wildman–Crippen MR) is 90.3 cm³/mol. The highest BCUT2D eigenvalue weighted by atomic mass is 79.9. The molecule has 120 valence electrons. The van der Waals surface area contributed by atoms with Crippen LogP contribution in [0.4, 0.5) is 0 Å². The van der Waals surface area contributed by atoms with E-state index in [2.05, 4.69) is 15.9 Å². The maximum atomic E-state index is 12.3. The van der Waals surface area contributed by atoms with Crippen LogP contribution in [0.3, 0.4) is 0 Å². The second kappa shape index (κ2) is 7.45. The molecule has 0 saturated heterocycles. The number of halogens is 1. The summed E-state index contributed by atoms with van der Waals surface area (Å²) in [5.41, 5.74) is 0. The molecule has 1 aromatic carbocycles. The van der Waals surface area contributed by atoms with Crippen LogP contribution < -0.4 is 9.47 Å². The van der Waals surface area contributed by atoms with E-state index in [-0.39, 0.29) is 13.2 Å². The maximum absolute atomic E-state index is 12.3. The van der Waals surface area contributed by atoms with Gasteiger partial charge in [-0.25, -0.2) is 8.42 Å². The normalized spacial score (nSPS) is 11.6. The first-order chi connectivity index (χ1) is 10.4. The summed E-state index contributed by atoms with van der Waals surface area (Å²) in [6.45, 7) is 0.540. The van der Waals surface area contributed by atoms with Gasteiger partial charge in [0, 0.05) is 13.6 Å². The Morgan fingerprint density at radius 2 is 1.77 bits per heavy atom. The number of hydrogen-bond acceptors (Lipinski definition) is 5. The van der Waals surface area contributed by atoms with Crippen LogP contribution in [0, 0.1) is 0 Å². The summed E-state index contributed by atoms with van der Waals surface area (Å²) in [7, 11) is -0.324. The Labute approximate surface area is 142 Å². The van der Waals surface area contributed by atoms with Crippen molar-refractivity contribution in [1.29, 1.82) is 0 Å². The Morgan fingerprint density at radius 3 is 2.32 bits per heavy atom. The van der Waals surface area contributed by atoms with Crippen LogP contribution in [0.25, 0.3) is 0 Å². The van der Waals surface area contributed by atoms with Gasteiger partial charge in [-0.05, 0) is 52.3 Å². The van der Waals surface area contributed by atoms with Gasteiger partial charge in [-0.1, -0.05) is 0 Å². The Balaban J connectivity index is 1.90. The van der Waals surface area contributed by atoms with Crippen LogP contribution in [0.5, 0.6) is 11.5 Å². The summed E-state index contributed by atoms with van der Waals surface area (Å²) < 4.78 is 37.6. The molecule has 5 nitrogen and oxygen atoms in total. The number of benzene rings is 1. The fraction of sp³-hybridized carbons (Fsp3) is 0.286. The number of sulfonamides is 1. The van der Waals surface area contributed by atoms with E-state index in [1.807, 2.05) is 0 Å². The second-order valence-corrected chi connectivity index (χ2v) is 9.14. The highest BCUT2D eigenvalue weighted by molar-refractivity contribution is 9.11. The molecule has 0 N–H and O–H groups in total. The smallest absolute Gasteiger partial charge is 0.252 e. The van der Waals surface area contributed by atoms with Crippen molar-refractivity contribution in [3.05, 3.63) is 40.2 Å². The molecule has 0 aliphatic carbocycles. The van der Waals surface area contributed by atoms with Crippen LogP contribution >= 0.6 is 27.3 Å². The lowest BCUT2D eigenvalue weighted by Gasteiger charge is -2.16. The molecule has 0 atom stereocenters. The molecule has 0 aliphatic rings. The van der Waals surface area contributed by atoms with Gasteiger partial charge in [0.15, 0.2) is 0 Å². The first-order valence-electron chi connectivity index (χ1n) is 6.42. The minimum absolute atomic E-state index is 0.268. The largest absolute Gasteiger partial charge is 0.497 e. The van der Waals surface area contributed by atoms with E-state index in [1.54, 1.807) is 50.6 Å². The Bertz CT molecular complexity index is 713. The summed E-state index contributed by atoms with van der Waals surface area (Å²) in [6.07, 6.45) is 0. The fourth-order valence-electron chi connectivity index (χ4n) is 1.67. The number of methoxy groups -OCH3 is 1. The van der Waals surface area contributed by atoms with Crippen LogP contribution in [-0.4, -0.2) is 40.0 Å². The number of thiophene rings is 1. The standard InChI is InChI=1S/C14H16BrNO4S2/c1-16(22(17,18)14-8-7-13(15)21-14)9-10-20-12-5-3-11(19-2)4-6-12/h3-8H,9-10H2,1-2H3. The van der Waals surface area contributed by atoms with Gasteiger partial charge in [0.2, 0.25) is 0 Å². The van der Waals surface area contributed by atoms with E-state index in [0.717, 1.165) is 9.54 Å². The summed E-state index contributed by atoms with van der Waals surface area (Å²) in [5, 5.41) is 0. The van der Waals surface area contributed by atoms with E-state index in [4.69, 9.17) is 9.47 Å². The van der Waals surface area contributed by atoms with Crippen LogP contribution in [0.15, 0.2) is 44.4 Å². The topological polar surface area (TPSA) is 55.8 Å². The average molecular weight is 406 g/mol. The Morgan fingerprint density at radius 1 is 1.14 bits per heavy atom. The van der Waals surface area contributed by atoms with Crippen LogP contribution in [-0.2, 0) is 10.0 Å². The third kappa shape index (κ3) is 4.22. The molecule has 0 unspecified atom stereocenters. The van der Waals surface area contributed by atoms with Gasteiger partial charge in [0.05, 0.1) is 10.9 Å². The highest BCUT2D eigenvalue weighted by Gasteiger charge is 2.22. The molecule has 0 saturated carbocycles. The minimum Gasteiger partial charge on any atom is -0.497 e. The molecule has 0 radical (unpaired) electrons. The Hall–Kier alpha value is -1.09. The molecule has 0 spiro atoms. The van der Waals surface area contributed by atoms with Gasteiger partial charge < -0.3 is 9.47 Å². The van der Waals surface area contributed by atoms with E-state index < -0.39 is 10.0 Å². The van der Waals surface area contributed by atoms with Crippen molar-refractivity contribution in [2.45, 2.75) is 4.21 Å². The molecular formula is C14H16BrNO4S2. The van der Waals surface area contributed by atoms with Gasteiger partial charge in [-0.3, -0.25) is 0 Å². The lowest BCUT2D eigenvalue weighted by Crippen LogP contribution is -2.30. The van der Waals surface area contributed by atoms with Crippen LogP contribution in [0.1, 0.15) is 0 Å². The molecule has 1 aromatic heterocycles. The molecule has 0 bridgehead atoms. The lowest BCUT2D eigenvalue weighted by molar-refractivity contribution is 0.286. The van der Waals surface area contributed by atoms with Crippen molar-refractivity contribution in [3.63, 3.8) is 0 Å². The van der Waals surface area contributed by atoms with Crippen molar-refractivity contribution in [2.24, 2.45) is 0 Å². The number of rotatable bonds is 7. The number of hydrogen-bond donors (Lipinski definition) is 0. The van der Waals surface area contributed by atoms with E-state index in [1.165, 1.54) is 15.6 Å². The lowest BCUT2D eigenvalue weighted by atomic mass is 10.3. The third-order valence-electron chi connectivity index (χ3n) is 2.95. The first kappa shape index (κ1) is 17.3. The molecular weight excluding hydrogens is 390 g/mol. The van der Waals surface area contributed by atoms with E-state index >= 15 is 0 Å². The van der Waals surface area contributed by atoms with Crippen molar-refractivity contribution in [2.75, 3.05) is 27.3 Å². The molecule has 0 aliphatic heterocycles. The number of nitrogens with zero attached hydrogens (tertiary/aromatic N) is 1. The number of ether oxygens (including phenoxy) is 2. The SMILES string of the molecule is COc1ccc(OCCN(C)S(=O)(=O)c2ccc(Br)s2)cc1. The first-order valence-corrected chi connectivity index (χ1v) is 9.47. The molecule has 22 heavy (non-hydrogen) atoms. The number of likely N-dealkylation sites (N-methyl/N-ethyl adjacent to an activating group) is 1. The summed E-state index contributed by atoms with van der Waals surface area (Å²) in [6, 6.07) is 10.5. The summed E-state index contributed by atoms with van der Waals surface area (Å²) in [4.78, 5) is 0. The predicted octanol–water partition coefficient (Wildman–Crippen LogP) is 3.22. The van der Waals surface area contributed by atoms with Crippen molar-refractivity contribution in [1.82, 2.24) is 4.31 Å². The monoisotopic (exact) mass is 405 g/mol. The maximum Gasteiger partial charge on any atom is 0.252 e. The molecule has 2 aromatic rings. The van der Waals surface area contributed by atoms with Gasteiger partial charge in [-0.2, -0.15) is 4.31 Å². The van der Waals surface area contributed by atoms with Crippen molar-refractivity contribution < 1.29 is 17.9 Å². The molecule has 1 heterocycles. The quantitative estimate of drug-likeness (QED) is 0.709. The summed E-state index contributed by atoms with van der Waals surface area (Å²) >= 11 is 4.46. The molecule has 8 heteroatoms. The fourth-order valence-corrected chi connectivity index (χ4v) is 5.05. The van der Waals surface area contributed by atoms with Gasteiger partial charge >= 0.3 is 0 Å². The molecule has 0 fully saturated rings. The third-order valence-corrected chi connectivity index (χ3v) is 6.90. The average Bonchev–Trinajstić information content (AvgIpc) is 2.95. The van der Waals surface area contributed by atoms with Crippen molar-refractivity contribution in [3.8, 4) is 11.5 Å². The van der Waals surface area contributed by atoms with E-state index in [9.17, 15) is 8.42 Å². The Kier molecular flexibility index (Phi) is 5.85. The van der Waals surface area contributed by atoms with Gasteiger partial charge in [-0.15, -0.1) is 11.3 Å². The zero-order chi connectivity index (χ0) is 16.2. The molecule has 0 amide bonds. The highest BCUT2D eigenvalue weighted by Crippen LogP contribution is 2.27. The van der Waals surface area contributed by atoms with Crippen molar-refractivity contribution >= 4 is 37.3 Å². The minimum atomic E-state index is -3.46. The van der Waals surface area contributed by atoms with Crippen LogP contribution in [0.2, 0.25) is 0 Å². The van der Waals surface area contributed by atoms with E-state index in [0.29, 0.717) is 9.96 Å². The zero-order valence-electron chi connectivity index (χ0n) is 12.2. The zero-order valence-corrected chi connectivity index (χ0v) is 15.4. The summed E-state index contributed by atoms with van der Waals surface area (Å²) in [5.74, 6) is 1.42. The molecule has 2 rings (SSSR count).